The lowest BCUT2D eigenvalue weighted by molar-refractivity contribution is -0.790. The molecule has 1 aromatic rings. The second-order valence-corrected chi connectivity index (χ2v) is 7.04. The zero-order chi connectivity index (χ0) is 17.4. The van der Waals surface area contributed by atoms with E-state index in [1.165, 1.54) is 7.11 Å². The highest BCUT2D eigenvalue weighted by Gasteiger charge is 2.87. The van der Waals surface area contributed by atoms with Crippen molar-refractivity contribution in [1.82, 2.24) is 0 Å². The van der Waals surface area contributed by atoms with Crippen LogP contribution in [0.15, 0.2) is 24.3 Å². The SMILES string of the molecule is COc1ccc([I+]C(F)(F)C(F)(F)C(F)(F)C(F)(F)F)cc1. The van der Waals surface area contributed by atoms with Gasteiger partial charge < -0.3 is 4.74 Å². The van der Waals surface area contributed by atoms with Crippen LogP contribution in [0.1, 0.15) is 0 Å². The van der Waals surface area contributed by atoms with Crippen molar-refractivity contribution in [2.24, 2.45) is 0 Å². The molecule has 0 radical (unpaired) electrons. The predicted molar refractivity (Wildman–Crippen MR) is 52.6 cm³/mol. The van der Waals surface area contributed by atoms with E-state index in [0.29, 0.717) is 0 Å². The Morgan fingerprint density at radius 2 is 1.23 bits per heavy atom. The molecule has 0 saturated carbocycles. The largest absolute Gasteiger partial charge is 0.517 e. The van der Waals surface area contributed by atoms with Crippen LogP contribution >= 0.6 is 0 Å². The average molecular weight is 453 g/mol. The number of hydrogen-bond donors (Lipinski definition) is 0. The lowest BCUT2D eigenvalue weighted by Crippen LogP contribution is -3.68. The fraction of sp³-hybridized carbons (Fsp3) is 0.455. The highest BCUT2D eigenvalue weighted by molar-refractivity contribution is 5.20. The summed E-state index contributed by atoms with van der Waals surface area (Å²) in [5.74, 6) is -13.2. The summed E-state index contributed by atoms with van der Waals surface area (Å²) in [5.41, 5.74) is 0. The lowest BCUT2D eigenvalue weighted by atomic mass is 10.2. The topological polar surface area (TPSA) is 9.23 Å². The monoisotopic (exact) mass is 453 g/mol. The van der Waals surface area contributed by atoms with Crippen LogP contribution in [-0.2, 0) is 0 Å². The Morgan fingerprint density at radius 1 is 0.773 bits per heavy atom. The van der Waals surface area contributed by atoms with Crippen LogP contribution in [-0.4, -0.2) is 29.1 Å². The van der Waals surface area contributed by atoms with E-state index in [1.54, 1.807) is 0 Å². The van der Waals surface area contributed by atoms with Crippen LogP contribution in [0.25, 0.3) is 0 Å². The molecular weight excluding hydrogens is 446 g/mol. The Balaban J connectivity index is 3.10. The summed E-state index contributed by atoms with van der Waals surface area (Å²) in [5, 5.41) is 0. The zero-order valence-corrected chi connectivity index (χ0v) is 12.7. The van der Waals surface area contributed by atoms with Crippen molar-refractivity contribution in [3.8, 4) is 5.75 Å². The van der Waals surface area contributed by atoms with Gasteiger partial charge in [-0.2, -0.15) is 39.5 Å². The first-order valence-electron chi connectivity index (χ1n) is 5.26. The molecule has 0 aromatic heterocycles. The van der Waals surface area contributed by atoms with Gasteiger partial charge in [0.1, 0.15) is 5.75 Å². The molecule has 1 aromatic carbocycles. The zero-order valence-electron chi connectivity index (χ0n) is 10.5. The summed E-state index contributed by atoms with van der Waals surface area (Å²) in [6, 6.07) is 4.01. The van der Waals surface area contributed by atoms with E-state index in [9.17, 15) is 39.5 Å². The summed E-state index contributed by atoms with van der Waals surface area (Å²) < 4.78 is 113. The van der Waals surface area contributed by atoms with Gasteiger partial charge in [0.05, 0.1) is 7.11 Å². The fourth-order valence-electron chi connectivity index (χ4n) is 1.19. The summed E-state index contributed by atoms with van der Waals surface area (Å²) in [7, 11) is 1.23. The summed E-state index contributed by atoms with van der Waals surface area (Å²) in [6.45, 7) is 0. The molecule has 0 N–H and O–H groups in total. The average Bonchev–Trinajstić information content (AvgIpc) is 2.37. The van der Waals surface area contributed by atoms with Crippen molar-refractivity contribution in [2.45, 2.75) is 22.0 Å². The second-order valence-electron chi connectivity index (χ2n) is 3.90. The Bertz CT molecular complexity index is 509. The van der Waals surface area contributed by atoms with Crippen LogP contribution in [0.2, 0.25) is 0 Å². The molecule has 0 spiro atoms. The van der Waals surface area contributed by atoms with Crippen LogP contribution in [0.5, 0.6) is 5.75 Å². The van der Waals surface area contributed by atoms with E-state index in [-0.39, 0.29) is 5.75 Å². The van der Waals surface area contributed by atoms with Crippen LogP contribution < -0.4 is 25.9 Å². The molecule has 0 fully saturated rings. The van der Waals surface area contributed by atoms with Gasteiger partial charge in [0.2, 0.25) is 0 Å². The van der Waals surface area contributed by atoms with Crippen molar-refractivity contribution in [1.29, 1.82) is 0 Å². The molecule has 0 atom stereocenters. The smallest absolute Gasteiger partial charge is 0.497 e. The Morgan fingerprint density at radius 3 is 1.59 bits per heavy atom. The first-order chi connectivity index (χ1) is 9.76. The van der Waals surface area contributed by atoms with Gasteiger partial charge in [0, 0.05) is 0 Å². The fourth-order valence-corrected chi connectivity index (χ4v) is 3.36. The van der Waals surface area contributed by atoms with E-state index >= 15 is 0 Å². The van der Waals surface area contributed by atoms with E-state index in [2.05, 4.69) is 4.74 Å². The maximum absolute atomic E-state index is 13.4. The maximum atomic E-state index is 13.4. The summed E-state index contributed by atoms with van der Waals surface area (Å²) in [6.07, 6.45) is -6.79. The summed E-state index contributed by atoms with van der Waals surface area (Å²) in [4.78, 5) is 0. The molecule has 0 unspecified atom stereocenters. The normalized spacial score (nSPS) is 14.1. The van der Waals surface area contributed by atoms with Crippen molar-refractivity contribution in [2.75, 3.05) is 7.11 Å². The van der Waals surface area contributed by atoms with E-state index in [1.807, 2.05) is 0 Å². The second kappa shape index (κ2) is 5.96. The number of ether oxygens (including phenoxy) is 1. The number of hydrogen-bond acceptors (Lipinski definition) is 1. The minimum Gasteiger partial charge on any atom is -0.497 e. The summed E-state index contributed by atoms with van der Waals surface area (Å²) >= 11 is -3.16. The number of alkyl halides is 10. The lowest BCUT2D eigenvalue weighted by Gasteiger charge is -2.28. The Kier molecular flexibility index (Phi) is 5.20. The number of benzene rings is 1. The Hall–Kier alpha value is -0.880. The van der Waals surface area contributed by atoms with Crippen molar-refractivity contribution < 1.29 is 65.5 Å². The van der Waals surface area contributed by atoms with Crippen molar-refractivity contribution in [3.05, 3.63) is 27.8 Å². The first-order valence-corrected chi connectivity index (χ1v) is 7.42. The van der Waals surface area contributed by atoms with Gasteiger partial charge in [0.15, 0.2) is 3.57 Å². The van der Waals surface area contributed by atoms with Crippen molar-refractivity contribution in [3.63, 3.8) is 0 Å². The molecule has 0 bridgehead atoms. The third-order valence-electron chi connectivity index (χ3n) is 2.38. The minimum absolute atomic E-state index is 0.184. The molecule has 1 nitrogen and oxygen atoms in total. The van der Waals surface area contributed by atoms with Gasteiger partial charge in [-0.05, 0) is 24.3 Å². The van der Waals surface area contributed by atoms with Gasteiger partial charge in [-0.15, -0.1) is 0 Å². The quantitative estimate of drug-likeness (QED) is 0.372. The number of methoxy groups -OCH3 is 1. The van der Waals surface area contributed by atoms with E-state index in [0.717, 1.165) is 24.3 Å². The molecule has 1 rings (SSSR count). The highest BCUT2D eigenvalue weighted by atomic mass is 127. The van der Waals surface area contributed by atoms with Crippen molar-refractivity contribution >= 4 is 0 Å². The molecule has 0 aliphatic carbocycles. The molecule has 0 aliphatic rings. The van der Waals surface area contributed by atoms with Crippen LogP contribution in [0.3, 0.4) is 0 Å². The highest BCUT2D eigenvalue weighted by Crippen LogP contribution is 2.50. The van der Waals surface area contributed by atoms with Crippen LogP contribution in [0.4, 0.5) is 39.5 Å². The third kappa shape index (κ3) is 3.38. The maximum Gasteiger partial charge on any atom is 0.517 e. The molecule has 11 heteroatoms. The van der Waals surface area contributed by atoms with E-state index < -0.39 is 46.7 Å². The minimum atomic E-state index is -6.84. The molecule has 22 heavy (non-hydrogen) atoms. The van der Waals surface area contributed by atoms with Gasteiger partial charge in [-0.1, -0.05) is 0 Å². The van der Waals surface area contributed by atoms with Gasteiger partial charge >= 0.3 is 43.2 Å². The Labute approximate surface area is 128 Å². The van der Waals surface area contributed by atoms with Crippen LogP contribution in [0, 0.1) is 3.57 Å². The molecular formula is C11H7F9IO+. The number of rotatable bonds is 5. The van der Waals surface area contributed by atoms with Gasteiger partial charge in [0.25, 0.3) is 0 Å². The molecule has 126 valence electrons. The predicted octanol–water partition coefficient (Wildman–Crippen LogP) is 1.38. The molecule has 0 saturated heterocycles. The van der Waals surface area contributed by atoms with Gasteiger partial charge in [-0.3, -0.25) is 0 Å². The third-order valence-corrected chi connectivity index (χ3v) is 5.08. The molecule has 0 amide bonds. The number of halogens is 10. The first kappa shape index (κ1) is 19.2. The van der Waals surface area contributed by atoms with E-state index in [4.69, 9.17) is 0 Å². The van der Waals surface area contributed by atoms with Gasteiger partial charge in [-0.25, -0.2) is 0 Å². The molecule has 0 aliphatic heterocycles. The molecule has 0 heterocycles. The standard InChI is InChI=1S/C11H7F9IO/c1-22-7-4-2-6(3-5-7)21-11(19,20)9(14,15)8(12,13)10(16,17)18/h2-5H,1H3/q+1.